The third kappa shape index (κ3) is 3.15. The van der Waals surface area contributed by atoms with E-state index in [-0.39, 0.29) is 33.8 Å². The molecule has 0 radical (unpaired) electrons. The van der Waals surface area contributed by atoms with Crippen LogP contribution in [0.4, 0.5) is 0 Å². The van der Waals surface area contributed by atoms with E-state index in [4.69, 9.17) is 4.43 Å². The summed E-state index contributed by atoms with van der Waals surface area (Å²) in [5, 5.41) is 0.207. The highest BCUT2D eigenvalue weighted by molar-refractivity contribution is 6.74. The molecule has 0 aliphatic heterocycles. The van der Waals surface area contributed by atoms with E-state index in [1.165, 1.54) is 5.57 Å². The van der Waals surface area contributed by atoms with Crippen molar-refractivity contribution in [2.75, 3.05) is 0 Å². The molecule has 0 spiro atoms. The molecular formula is C25H40O3Si. The molecule has 0 amide bonds. The van der Waals surface area contributed by atoms with Crippen molar-refractivity contribution in [3.8, 4) is 0 Å². The zero-order valence-electron chi connectivity index (χ0n) is 19.6. The van der Waals surface area contributed by atoms with Crippen LogP contribution in [0.2, 0.25) is 18.1 Å². The van der Waals surface area contributed by atoms with Crippen LogP contribution >= 0.6 is 0 Å². The number of fused-ring (bicyclic) bond motifs is 5. The number of Topliss-reactive ketones (excluding diaryl/α,β-unsaturated/α-hetero) is 1. The van der Waals surface area contributed by atoms with Gasteiger partial charge in [0.1, 0.15) is 5.78 Å². The van der Waals surface area contributed by atoms with Gasteiger partial charge in [-0.2, -0.15) is 0 Å². The van der Waals surface area contributed by atoms with E-state index in [0.717, 1.165) is 38.5 Å². The van der Waals surface area contributed by atoms with Gasteiger partial charge in [0, 0.05) is 23.9 Å². The third-order valence-corrected chi connectivity index (χ3v) is 14.4. The predicted molar refractivity (Wildman–Crippen MR) is 119 cm³/mol. The number of carbonyl (C=O) groups excluding carboxylic acids is 2. The molecule has 3 saturated carbocycles. The smallest absolute Gasteiger partial charge is 0.192 e. The second-order valence-corrected chi connectivity index (χ2v) is 17.1. The lowest BCUT2D eigenvalue weighted by Crippen LogP contribution is -2.54. The molecule has 4 rings (SSSR count). The van der Waals surface area contributed by atoms with Crippen LogP contribution in [0.15, 0.2) is 11.6 Å². The number of carbonyl (C=O) groups is 2. The number of ketones is 2. The Morgan fingerprint density at radius 3 is 2.28 bits per heavy atom. The van der Waals surface area contributed by atoms with Crippen molar-refractivity contribution < 1.29 is 14.0 Å². The molecule has 0 aromatic rings. The van der Waals surface area contributed by atoms with Crippen LogP contribution < -0.4 is 0 Å². The molecule has 3 unspecified atom stereocenters. The summed E-state index contributed by atoms with van der Waals surface area (Å²) < 4.78 is 6.75. The zero-order valence-corrected chi connectivity index (χ0v) is 20.6. The van der Waals surface area contributed by atoms with Crippen LogP contribution in [0.5, 0.6) is 0 Å². The molecule has 0 bridgehead atoms. The highest BCUT2D eigenvalue weighted by Gasteiger charge is 2.61. The topological polar surface area (TPSA) is 43.4 Å². The SMILES string of the molecule is CC(C)(C)[Si](C)(C)O[C@H]1CC[C@@]2(C)C(=CC(=O)C3C2CC[C@]2(C)C(=O)CCC32)C1. The van der Waals surface area contributed by atoms with Crippen LogP contribution in [0, 0.1) is 28.6 Å². The van der Waals surface area contributed by atoms with E-state index in [1.807, 2.05) is 6.08 Å². The minimum absolute atomic E-state index is 0.0619. The number of hydrogen-bond acceptors (Lipinski definition) is 3. The van der Waals surface area contributed by atoms with Crippen LogP contribution in [0.1, 0.15) is 79.6 Å². The number of allylic oxidation sites excluding steroid dienone is 1. The summed E-state index contributed by atoms with van der Waals surface area (Å²) in [6.07, 6.45) is 8.96. The molecule has 162 valence electrons. The first-order valence-electron chi connectivity index (χ1n) is 11.8. The summed E-state index contributed by atoms with van der Waals surface area (Å²) in [5.74, 6) is 1.44. The Hall–Kier alpha value is -0.743. The lowest BCUT2D eigenvalue weighted by molar-refractivity contribution is -0.139. The van der Waals surface area contributed by atoms with Crippen LogP contribution in [0.3, 0.4) is 0 Å². The Kier molecular flexibility index (Phi) is 4.91. The normalized spacial score (nSPS) is 42.8. The van der Waals surface area contributed by atoms with Gasteiger partial charge in [-0.05, 0) is 80.0 Å². The molecule has 29 heavy (non-hydrogen) atoms. The fourth-order valence-electron chi connectivity index (χ4n) is 6.84. The summed E-state index contributed by atoms with van der Waals surface area (Å²) in [6, 6.07) is 0. The molecule has 4 aliphatic rings. The van der Waals surface area contributed by atoms with Crippen molar-refractivity contribution in [2.45, 2.75) is 104 Å². The molecule has 0 heterocycles. The van der Waals surface area contributed by atoms with E-state index >= 15 is 0 Å². The van der Waals surface area contributed by atoms with Gasteiger partial charge in [-0.25, -0.2) is 0 Å². The molecule has 0 aromatic carbocycles. The van der Waals surface area contributed by atoms with Crippen LogP contribution in [0.25, 0.3) is 0 Å². The van der Waals surface area contributed by atoms with Crippen molar-refractivity contribution >= 4 is 19.9 Å². The summed E-state index contributed by atoms with van der Waals surface area (Å²) in [5.41, 5.74) is 1.20. The first-order chi connectivity index (χ1) is 13.3. The lowest BCUT2D eigenvalue weighted by Gasteiger charge is -2.56. The molecule has 4 heteroatoms. The minimum Gasteiger partial charge on any atom is -0.414 e. The quantitative estimate of drug-likeness (QED) is 0.512. The first-order valence-corrected chi connectivity index (χ1v) is 14.7. The van der Waals surface area contributed by atoms with E-state index in [0.29, 0.717) is 23.9 Å². The van der Waals surface area contributed by atoms with E-state index < -0.39 is 8.32 Å². The summed E-state index contributed by atoms with van der Waals surface area (Å²) in [6.45, 7) is 16.1. The predicted octanol–water partition coefficient (Wildman–Crippen LogP) is 6.09. The Morgan fingerprint density at radius 1 is 1.00 bits per heavy atom. The van der Waals surface area contributed by atoms with Gasteiger partial charge in [-0.15, -0.1) is 0 Å². The van der Waals surface area contributed by atoms with Gasteiger partial charge in [0.15, 0.2) is 14.1 Å². The maximum atomic E-state index is 13.3. The van der Waals surface area contributed by atoms with Gasteiger partial charge in [-0.1, -0.05) is 40.2 Å². The maximum absolute atomic E-state index is 13.3. The number of hydrogen-bond donors (Lipinski definition) is 0. The molecule has 4 aliphatic carbocycles. The minimum atomic E-state index is -1.81. The Balaban J connectivity index is 1.59. The lowest BCUT2D eigenvalue weighted by atomic mass is 9.48. The maximum Gasteiger partial charge on any atom is 0.192 e. The molecule has 0 N–H and O–H groups in total. The van der Waals surface area contributed by atoms with E-state index in [1.54, 1.807) is 0 Å². The second-order valence-electron chi connectivity index (χ2n) is 12.4. The second kappa shape index (κ2) is 6.63. The monoisotopic (exact) mass is 416 g/mol. The van der Waals surface area contributed by atoms with Crippen LogP contribution in [-0.2, 0) is 14.0 Å². The zero-order chi connectivity index (χ0) is 21.4. The summed E-state index contributed by atoms with van der Waals surface area (Å²) in [4.78, 5) is 25.9. The van der Waals surface area contributed by atoms with E-state index in [9.17, 15) is 9.59 Å². The van der Waals surface area contributed by atoms with E-state index in [2.05, 4.69) is 47.7 Å². The molecule has 0 saturated heterocycles. The fourth-order valence-corrected chi connectivity index (χ4v) is 8.22. The van der Waals surface area contributed by atoms with Gasteiger partial charge in [0.2, 0.25) is 0 Å². The van der Waals surface area contributed by atoms with Gasteiger partial charge in [-0.3, -0.25) is 9.59 Å². The highest BCUT2D eigenvalue weighted by Crippen LogP contribution is 2.63. The van der Waals surface area contributed by atoms with Gasteiger partial charge >= 0.3 is 0 Å². The standard InChI is InChI=1S/C25H40O3Si/c1-23(2,3)29(6,7)28-17-10-12-24(4)16(14-17)15-20(26)22-18-8-9-21(27)25(18,5)13-11-19(22)24/h15,17-19,22H,8-14H2,1-7H3/t17-,18?,19?,22?,24-,25-/m0/s1. The molecule has 3 nitrogen and oxygen atoms in total. The summed E-state index contributed by atoms with van der Waals surface area (Å²) >= 11 is 0. The average Bonchev–Trinajstić information content (AvgIpc) is 2.90. The first kappa shape index (κ1) is 21.5. The van der Waals surface area contributed by atoms with Crippen molar-refractivity contribution in [3.63, 3.8) is 0 Å². The van der Waals surface area contributed by atoms with Crippen molar-refractivity contribution in [3.05, 3.63) is 11.6 Å². The van der Waals surface area contributed by atoms with Crippen molar-refractivity contribution in [1.29, 1.82) is 0 Å². The molecule has 3 fully saturated rings. The van der Waals surface area contributed by atoms with Crippen LogP contribution in [-0.4, -0.2) is 26.0 Å². The largest absolute Gasteiger partial charge is 0.414 e. The Labute approximate surface area is 178 Å². The highest BCUT2D eigenvalue weighted by atomic mass is 28.4. The van der Waals surface area contributed by atoms with Gasteiger partial charge in [0.25, 0.3) is 0 Å². The average molecular weight is 417 g/mol. The van der Waals surface area contributed by atoms with Gasteiger partial charge in [0.05, 0.1) is 0 Å². The molecule has 0 aromatic heterocycles. The van der Waals surface area contributed by atoms with Crippen molar-refractivity contribution in [1.82, 2.24) is 0 Å². The summed E-state index contributed by atoms with van der Waals surface area (Å²) in [7, 11) is -1.81. The molecular weight excluding hydrogens is 376 g/mol. The van der Waals surface area contributed by atoms with Gasteiger partial charge < -0.3 is 4.43 Å². The third-order valence-electron chi connectivity index (χ3n) is 9.88. The Morgan fingerprint density at radius 2 is 1.62 bits per heavy atom. The van der Waals surface area contributed by atoms with Crippen molar-refractivity contribution in [2.24, 2.45) is 28.6 Å². The molecule has 6 atom stereocenters. The Bertz CT molecular complexity index is 761. The number of rotatable bonds is 2. The fraction of sp³-hybridized carbons (Fsp3) is 0.840.